The molecule has 2 aromatic rings. The van der Waals surface area contributed by atoms with Crippen molar-refractivity contribution in [3.8, 4) is 11.8 Å². The molecule has 0 aliphatic heterocycles. The lowest BCUT2D eigenvalue weighted by atomic mass is 10.6. The molecule has 0 aliphatic carbocycles. The summed E-state index contributed by atoms with van der Waals surface area (Å²) in [4.78, 5) is 14.3. The lowest BCUT2D eigenvalue weighted by Gasteiger charge is -2.11. The van der Waals surface area contributed by atoms with Gasteiger partial charge in [-0.05, 0) is 0 Å². The summed E-state index contributed by atoms with van der Waals surface area (Å²) in [5, 5.41) is 6.87. The van der Waals surface area contributed by atoms with Gasteiger partial charge in [0.05, 0.1) is 12.4 Å². The summed E-state index contributed by atoms with van der Waals surface area (Å²) in [6.45, 7) is 0. The summed E-state index contributed by atoms with van der Waals surface area (Å²) in [5.41, 5.74) is 0. The number of rotatable bonds is 4. The Kier molecular flexibility index (Phi) is 3.26. The molecule has 0 unspecified atom stereocenters. The maximum atomic E-state index is 5.52. The molecule has 0 atom stereocenters. The highest BCUT2D eigenvalue weighted by Crippen LogP contribution is 2.19. The lowest BCUT2D eigenvalue weighted by Crippen LogP contribution is -2.15. The van der Waals surface area contributed by atoms with Crippen LogP contribution in [0.3, 0.4) is 0 Å². The number of ether oxygens (including phenoxy) is 1. The lowest BCUT2D eigenvalue weighted by molar-refractivity contribution is 0.440. The first-order chi connectivity index (χ1) is 8.58. The van der Waals surface area contributed by atoms with Gasteiger partial charge in [0, 0.05) is 28.2 Å². The molecule has 96 valence electrons. The van der Waals surface area contributed by atoms with Gasteiger partial charge in [-0.3, -0.25) is 4.68 Å². The van der Waals surface area contributed by atoms with E-state index in [0.717, 1.165) is 0 Å². The Morgan fingerprint density at radius 2 is 2.06 bits per heavy atom. The molecule has 0 fully saturated rings. The van der Waals surface area contributed by atoms with Crippen LogP contribution in [0.5, 0.6) is 11.8 Å². The number of aryl methyl sites for hydroxylation is 1. The van der Waals surface area contributed by atoms with Crippen molar-refractivity contribution in [2.75, 3.05) is 31.4 Å². The van der Waals surface area contributed by atoms with Crippen molar-refractivity contribution in [3.63, 3.8) is 0 Å². The summed E-state index contributed by atoms with van der Waals surface area (Å²) in [6, 6.07) is 0.228. The summed E-state index contributed by atoms with van der Waals surface area (Å²) in [7, 11) is 7.25. The van der Waals surface area contributed by atoms with Crippen LogP contribution in [0.4, 0.5) is 11.9 Å². The van der Waals surface area contributed by atoms with E-state index in [-0.39, 0.29) is 6.01 Å². The Morgan fingerprint density at radius 3 is 2.61 bits per heavy atom. The van der Waals surface area contributed by atoms with Crippen molar-refractivity contribution in [2.24, 2.45) is 7.05 Å². The van der Waals surface area contributed by atoms with Crippen LogP contribution in [-0.4, -0.2) is 45.9 Å². The van der Waals surface area contributed by atoms with Crippen molar-refractivity contribution in [2.45, 2.75) is 0 Å². The third-order valence-corrected chi connectivity index (χ3v) is 2.12. The minimum Gasteiger partial charge on any atom is -0.421 e. The SMILES string of the molecule is CNc1nc(Oc2cnn(C)c2)nc(N(C)C)n1. The standard InChI is InChI=1S/C10H15N7O/c1-11-8-13-9(16(2)3)15-10(14-8)18-7-5-12-17(4)6-7/h5-6H,1-4H3,(H,11,13,14,15). The van der Waals surface area contributed by atoms with Crippen molar-refractivity contribution >= 4 is 11.9 Å². The van der Waals surface area contributed by atoms with Crippen molar-refractivity contribution in [1.29, 1.82) is 0 Å². The number of hydrogen-bond acceptors (Lipinski definition) is 7. The molecule has 0 spiro atoms. The van der Waals surface area contributed by atoms with Gasteiger partial charge in [0.15, 0.2) is 5.75 Å². The largest absolute Gasteiger partial charge is 0.421 e. The fraction of sp³-hybridized carbons (Fsp3) is 0.400. The highest BCUT2D eigenvalue weighted by atomic mass is 16.5. The van der Waals surface area contributed by atoms with Gasteiger partial charge in [0.1, 0.15) is 0 Å². The van der Waals surface area contributed by atoms with Gasteiger partial charge in [-0.1, -0.05) is 0 Å². The second-order valence-corrected chi connectivity index (χ2v) is 3.84. The van der Waals surface area contributed by atoms with E-state index in [1.165, 1.54) is 0 Å². The maximum Gasteiger partial charge on any atom is 0.328 e. The van der Waals surface area contributed by atoms with Crippen molar-refractivity contribution in [1.82, 2.24) is 24.7 Å². The molecule has 1 N–H and O–H groups in total. The Morgan fingerprint density at radius 1 is 1.28 bits per heavy atom. The molecular formula is C10H15N7O. The first-order valence-corrected chi connectivity index (χ1v) is 5.36. The first kappa shape index (κ1) is 12.1. The number of anilines is 2. The van der Waals surface area contributed by atoms with Crippen LogP contribution in [-0.2, 0) is 7.05 Å². The van der Waals surface area contributed by atoms with Gasteiger partial charge < -0.3 is 15.0 Å². The first-order valence-electron chi connectivity index (χ1n) is 5.36. The van der Waals surface area contributed by atoms with E-state index in [2.05, 4.69) is 25.4 Å². The molecular weight excluding hydrogens is 234 g/mol. The molecule has 2 rings (SSSR count). The van der Waals surface area contributed by atoms with Crippen LogP contribution in [0.2, 0.25) is 0 Å². The van der Waals surface area contributed by atoms with Crippen molar-refractivity contribution in [3.05, 3.63) is 12.4 Å². The number of hydrogen-bond donors (Lipinski definition) is 1. The van der Waals surface area contributed by atoms with E-state index in [9.17, 15) is 0 Å². The van der Waals surface area contributed by atoms with E-state index < -0.39 is 0 Å². The Bertz CT molecular complexity index is 537. The maximum absolute atomic E-state index is 5.52. The number of aromatic nitrogens is 5. The normalized spacial score (nSPS) is 10.2. The second-order valence-electron chi connectivity index (χ2n) is 3.84. The molecule has 0 amide bonds. The van der Waals surface area contributed by atoms with Gasteiger partial charge >= 0.3 is 6.01 Å². The molecule has 8 heteroatoms. The zero-order valence-electron chi connectivity index (χ0n) is 10.7. The Balaban J connectivity index is 2.29. The van der Waals surface area contributed by atoms with Crippen molar-refractivity contribution < 1.29 is 4.74 Å². The van der Waals surface area contributed by atoms with Gasteiger partial charge in [-0.2, -0.15) is 20.1 Å². The second kappa shape index (κ2) is 4.86. The monoisotopic (exact) mass is 249 g/mol. The van der Waals surface area contributed by atoms with Crippen LogP contribution in [0.1, 0.15) is 0 Å². The molecule has 18 heavy (non-hydrogen) atoms. The zero-order valence-corrected chi connectivity index (χ0v) is 10.7. The fourth-order valence-electron chi connectivity index (χ4n) is 1.26. The van der Waals surface area contributed by atoms with E-state index in [1.807, 2.05) is 21.1 Å². The van der Waals surface area contributed by atoms with Gasteiger partial charge in [-0.25, -0.2) is 0 Å². The average molecular weight is 249 g/mol. The zero-order chi connectivity index (χ0) is 13.1. The van der Waals surface area contributed by atoms with Crippen LogP contribution in [0.15, 0.2) is 12.4 Å². The molecule has 2 aromatic heterocycles. The number of nitrogens with zero attached hydrogens (tertiary/aromatic N) is 6. The quantitative estimate of drug-likeness (QED) is 0.845. The number of nitrogens with one attached hydrogen (secondary N) is 1. The van der Waals surface area contributed by atoms with E-state index in [0.29, 0.717) is 17.6 Å². The molecule has 0 saturated carbocycles. The average Bonchev–Trinajstić information content (AvgIpc) is 2.74. The summed E-state index contributed by atoms with van der Waals surface area (Å²) >= 11 is 0. The molecule has 0 bridgehead atoms. The van der Waals surface area contributed by atoms with E-state index in [4.69, 9.17) is 4.74 Å². The third kappa shape index (κ3) is 2.65. The Hall–Kier alpha value is -2.38. The molecule has 0 radical (unpaired) electrons. The van der Waals surface area contributed by atoms with E-state index in [1.54, 1.807) is 29.0 Å². The van der Waals surface area contributed by atoms with Crippen LogP contribution in [0.25, 0.3) is 0 Å². The van der Waals surface area contributed by atoms with Gasteiger partial charge in [0.25, 0.3) is 0 Å². The predicted molar refractivity (Wildman–Crippen MR) is 67.0 cm³/mol. The highest BCUT2D eigenvalue weighted by Gasteiger charge is 2.09. The minimum atomic E-state index is 0.228. The molecule has 0 saturated heterocycles. The topological polar surface area (TPSA) is 81.0 Å². The predicted octanol–water partition coefficient (Wildman–Crippen LogP) is 0.505. The fourth-order valence-corrected chi connectivity index (χ4v) is 1.26. The minimum absolute atomic E-state index is 0.228. The third-order valence-electron chi connectivity index (χ3n) is 2.12. The summed E-state index contributed by atoms with van der Waals surface area (Å²) in [6.07, 6.45) is 3.33. The van der Waals surface area contributed by atoms with Crippen LogP contribution >= 0.6 is 0 Å². The Labute approximate surface area is 105 Å². The van der Waals surface area contributed by atoms with Crippen LogP contribution in [0, 0.1) is 0 Å². The summed E-state index contributed by atoms with van der Waals surface area (Å²) < 4.78 is 7.16. The molecule has 2 heterocycles. The summed E-state index contributed by atoms with van der Waals surface area (Å²) in [5.74, 6) is 1.55. The van der Waals surface area contributed by atoms with Gasteiger partial charge in [-0.15, -0.1) is 0 Å². The molecule has 8 nitrogen and oxygen atoms in total. The van der Waals surface area contributed by atoms with Crippen LogP contribution < -0.4 is 15.0 Å². The molecule has 0 aliphatic rings. The smallest absolute Gasteiger partial charge is 0.328 e. The van der Waals surface area contributed by atoms with Gasteiger partial charge in [0.2, 0.25) is 11.9 Å². The van der Waals surface area contributed by atoms with E-state index >= 15 is 0 Å². The molecule has 0 aromatic carbocycles. The highest BCUT2D eigenvalue weighted by molar-refractivity contribution is 5.37.